The number of benzene rings is 1. The molecular weight excluding hydrogens is 300 g/mol. The first-order chi connectivity index (χ1) is 10.7. The van der Waals surface area contributed by atoms with E-state index in [0.29, 0.717) is 10.6 Å². The molecule has 5 nitrogen and oxygen atoms in total. The minimum absolute atomic E-state index is 0.0467. The van der Waals surface area contributed by atoms with Crippen molar-refractivity contribution < 1.29 is 14.3 Å². The molecule has 1 aromatic heterocycles. The highest BCUT2D eigenvalue weighted by molar-refractivity contribution is 7.17. The fourth-order valence-electron chi connectivity index (χ4n) is 2.05. The second-order valence-corrected chi connectivity index (χ2v) is 6.14. The second kappa shape index (κ2) is 6.19. The van der Waals surface area contributed by atoms with Crippen LogP contribution in [0.2, 0.25) is 0 Å². The molecule has 1 heterocycles. The highest BCUT2D eigenvalue weighted by Gasteiger charge is 2.30. The van der Waals surface area contributed by atoms with E-state index in [0.717, 1.165) is 23.3 Å². The molecule has 2 aromatic rings. The van der Waals surface area contributed by atoms with Crippen molar-refractivity contribution in [1.82, 2.24) is 10.9 Å². The van der Waals surface area contributed by atoms with Gasteiger partial charge in [-0.1, -0.05) is 30.3 Å². The van der Waals surface area contributed by atoms with E-state index in [2.05, 4.69) is 10.9 Å². The first-order valence-corrected chi connectivity index (χ1v) is 7.84. The number of methoxy groups -OCH3 is 1. The quantitative estimate of drug-likeness (QED) is 0.852. The van der Waals surface area contributed by atoms with Crippen molar-refractivity contribution in [3.05, 3.63) is 41.3 Å². The lowest BCUT2D eigenvalue weighted by Gasteiger charge is -2.06. The van der Waals surface area contributed by atoms with Gasteiger partial charge in [0.2, 0.25) is 5.91 Å². The average Bonchev–Trinajstić information content (AvgIpc) is 3.32. The summed E-state index contributed by atoms with van der Waals surface area (Å²) in [5.74, 6) is 0.0534. The van der Waals surface area contributed by atoms with E-state index < -0.39 is 0 Å². The second-order valence-electron chi connectivity index (χ2n) is 5.09. The largest absolute Gasteiger partial charge is 0.495 e. The Morgan fingerprint density at radius 3 is 2.55 bits per heavy atom. The van der Waals surface area contributed by atoms with Crippen LogP contribution in [0.4, 0.5) is 0 Å². The molecule has 0 bridgehead atoms. The van der Waals surface area contributed by atoms with E-state index >= 15 is 0 Å². The number of rotatable bonds is 4. The van der Waals surface area contributed by atoms with Crippen molar-refractivity contribution in [3.8, 4) is 16.2 Å². The van der Waals surface area contributed by atoms with Crippen molar-refractivity contribution in [1.29, 1.82) is 0 Å². The molecule has 22 heavy (non-hydrogen) atoms. The van der Waals surface area contributed by atoms with E-state index in [4.69, 9.17) is 4.74 Å². The van der Waals surface area contributed by atoms with Crippen molar-refractivity contribution in [2.75, 3.05) is 7.11 Å². The smallest absolute Gasteiger partial charge is 0.283 e. The fraction of sp³-hybridized carbons (Fsp3) is 0.250. The number of carbonyl (C=O) groups excluding carboxylic acids is 2. The van der Waals surface area contributed by atoms with Gasteiger partial charge in [-0.15, -0.1) is 11.3 Å². The van der Waals surface area contributed by atoms with E-state index in [1.165, 1.54) is 18.4 Å². The number of nitrogens with one attached hydrogen (secondary N) is 2. The van der Waals surface area contributed by atoms with Crippen LogP contribution in [0.25, 0.3) is 10.4 Å². The molecular formula is C16H16N2O3S. The van der Waals surface area contributed by atoms with Crippen LogP contribution in [0.15, 0.2) is 36.4 Å². The molecule has 0 spiro atoms. The number of thiophene rings is 1. The Kier molecular flexibility index (Phi) is 4.11. The zero-order chi connectivity index (χ0) is 15.5. The number of hydrogen-bond donors (Lipinski definition) is 2. The highest BCUT2D eigenvalue weighted by atomic mass is 32.1. The van der Waals surface area contributed by atoms with E-state index in [1.54, 1.807) is 0 Å². The Morgan fingerprint density at radius 1 is 1.18 bits per heavy atom. The molecule has 2 N–H and O–H groups in total. The normalized spacial score (nSPS) is 13.5. The molecule has 6 heteroatoms. The Bertz CT molecular complexity index is 693. The number of ether oxygens (including phenoxy) is 1. The number of amides is 2. The Hall–Kier alpha value is -2.34. The fourth-order valence-corrected chi connectivity index (χ4v) is 3.08. The summed E-state index contributed by atoms with van der Waals surface area (Å²) in [6.45, 7) is 0. The molecule has 1 fully saturated rings. The number of carbonyl (C=O) groups is 2. The van der Waals surface area contributed by atoms with Gasteiger partial charge in [0.1, 0.15) is 10.6 Å². The molecule has 0 saturated heterocycles. The molecule has 1 saturated carbocycles. The lowest BCUT2D eigenvalue weighted by molar-refractivity contribution is -0.123. The molecule has 1 aliphatic carbocycles. The van der Waals surface area contributed by atoms with Gasteiger partial charge in [-0.3, -0.25) is 20.4 Å². The van der Waals surface area contributed by atoms with Gasteiger partial charge in [0.15, 0.2) is 0 Å². The summed E-state index contributed by atoms with van der Waals surface area (Å²) in [6, 6.07) is 11.6. The first kappa shape index (κ1) is 14.6. The molecule has 0 aliphatic heterocycles. The minimum atomic E-state index is -0.363. The van der Waals surface area contributed by atoms with Crippen LogP contribution >= 0.6 is 11.3 Å². The van der Waals surface area contributed by atoms with Crippen LogP contribution in [0.5, 0.6) is 5.75 Å². The maximum absolute atomic E-state index is 12.2. The lowest BCUT2D eigenvalue weighted by atomic mass is 10.2. The third kappa shape index (κ3) is 3.12. The van der Waals surface area contributed by atoms with Crippen LogP contribution in [0.1, 0.15) is 22.5 Å². The molecule has 1 aliphatic rings. The summed E-state index contributed by atoms with van der Waals surface area (Å²) in [6.07, 6.45) is 1.78. The lowest BCUT2D eigenvalue weighted by Crippen LogP contribution is -2.42. The van der Waals surface area contributed by atoms with Crippen molar-refractivity contribution >= 4 is 23.2 Å². The van der Waals surface area contributed by atoms with Gasteiger partial charge in [-0.25, -0.2) is 0 Å². The van der Waals surface area contributed by atoms with Gasteiger partial charge >= 0.3 is 0 Å². The third-order valence-corrected chi connectivity index (χ3v) is 4.59. The van der Waals surface area contributed by atoms with E-state index in [1.807, 2.05) is 36.4 Å². The Balaban J connectivity index is 1.75. The monoisotopic (exact) mass is 316 g/mol. The van der Waals surface area contributed by atoms with E-state index in [9.17, 15) is 9.59 Å². The van der Waals surface area contributed by atoms with Gasteiger partial charge in [-0.05, 0) is 24.5 Å². The number of hydrogen-bond acceptors (Lipinski definition) is 4. The molecule has 1 aromatic carbocycles. The van der Waals surface area contributed by atoms with Gasteiger partial charge in [0.25, 0.3) is 5.91 Å². The highest BCUT2D eigenvalue weighted by Crippen LogP contribution is 2.36. The molecule has 2 amide bonds. The van der Waals surface area contributed by atoms with Crippen molar-refractivity contribution in [3.63, 3.8) is 0 Å². The van der Waals surface area contributed by atoms with E-state index in [-0.39, 0.29) is 17.7 Å². The van der Waals surface area contributed by atoms with Crippen LogP contribution in [0, 0.1) is 5.92 Å². The molecule has 3 rings (SSSR count). The summed E-state index contributed by atoms with van der Waals surface area (Å²) in [5.41, 5.74) is 5.93. The third-order valence-electron chi connectivity index (χ3n) is 3.43. The summed E-state index contributed by atoms with van der Waals surface area (Å²) < 4.78 is 5.27. The van der Waals surface area contributed by atoms with Gasteiger partial charge < -0.3 is 4.74 Å². The Labute approximate surface area is 132 Å². The zero-order valence-corrected chi connectivity index (χ0v) is 12.9. The van der Waals surface area contributed by atoms with Crippen LogP contribution < -0.4 is 15.6 Å². The summed E-state index contributed by atoms with van der Waals surface area (Å²) >= 11 is 1.33. The maximum Gasteiger partial charge on any atom is 0.283 e. The van der Waals surface area contributed by atoms with Gasteiger partial charge in [0.05, 0.1) is 7.11 Å². The average molecular weight is 316 g/mol. The summed E-state index contributed by atoms with van der Waals surface area (Å²) in [7, 11) is 1.52. The van der Waals surface area contributed by atoms with Crippen LogP contribution in [-0.2, 0) is 4.79 Å². The molecule has 0 atom stereocenters. The summed E-state index contributed by atoms with van der Waals surface area (Å²) in [4.78, 5) is 25.2. The standard InChI is InChI=1S/C16H16N2O3S/c1-21-12-9-13(10-5-3-2-4-6-10)22-14(12)16(20)18-17-15(19)11-7-8-11/h2-6,9,11H,7-8H2,1H3,(H,17,19)(H,18,20). The summed E-state index contributed by atoms with van der Waals surface area (Å²) in [5, 5.41) is 0. The maximum atomic E-state index is 12.2. The predicted molar refractivity (Wildman–Crippen MR) is 84.6 cm³/mol. The van der Waals surface area contributed by atoms with Crippen LogP contribution in [0.3, 0.4) is 0 Å². The SMILES string of the molecule is COc1cc(-c2ccccc2)sc1C(=O)NNC(=O)C1CC1. The predicted octanol–water partition coefficient (Wildman–Crippen LogP) is 2.59. The Morgan fingerprint density at radius 2 is 1.91 bits per heavy atom. The van der Waals surface area contributed by atoms with Crippen molar-refractivity contribution in [2.45, 2.75) is 12.8 Å². The first-order valence-electron chi connectivity index (χ1n) is 7.02. The van der Waals surface area contributed by atoms with Crippen molar-refractivity contribution in [2.24, 2.45) is 5.92 Å². The van der Waals surface area contributed by atoms with Crippen LogP contribution in [-0.4, -0.2) is 18.9 Å². The molecule has 0 radical (unpaired) electrons. The van der Waals surface area contributed by atoms with Gasteiger partial charge in [-0.2, -0.15) is 0 Å². The molecule has 114 valence electrons. The number of hydrazine groups is 1. The minimum Gasteiger partial charge on any atom is -0.495 e. The zero-order valence-electron chi connectivity index (χ0n) is 12.1. The van der Waals surface area contributed by atoms with Gasteiger partial charge in [0, 0.05) is 10.8 Å². The molecule has 0 unspecified atom stereocenters. The topological polar surface area (TPSA) is 67.4 Å².